The molecule has 8 nitrogen and oxygen atoms in total. The smallest absolute Gasteiger partial charge is 0.465 e. The molecule has 0 fully saturated rings. The van der Waals surface area contributed by atoms with Gasteiger partial charge in [0, 0.05) is 32.1 Å². The van der Waals surface area contributed by atoms with Crippen molar-refractivity contribution in [3.63, 3.8) is 0 Å². The maximum Gasteiger partial charge on any atom is 0.508 e. The van der Waals surface area contributed by atoms with Crippen LogP contribution in [0.4, 0.5) is 4.79 Å². The number of unbranched alkanes of at least 4 members (excludes halogenated alkanes) is 10. The molecule has 0 aromatic heterocycles. The molecule has 0 aliphatic rings. The van der Waals surface area contributed by atoms with Gasteiger partial charge >= 0.3 is 12.1 Å². The highest BCUT2D eigenvalue weighted by Crippen LogP contribution is 2.12. The number of rotatable bonds is 27. The van der Waals surface area contributed by atoms with Gasteiger partial charge in [-0.1, -0.05) is 78.1 Å². The van der Waals surface area contributed by atoms with Gasteiger partial charge in [-0.25, -0.2) is 4.79 Å². The second-order valence-electron chi connectivity index (χ2n) is 10.4. The molecule has 0 aliphatic carbocycles. The molecule has 0 aromatic rings. The molecular weight excluding hydrogens is 486 g/mol. The summed E-state index contributed by atoms with van der Waals surface area (Å²) in [4.78, 5) is 25.9. The van der Waals surface area contributed by atoms with Crippen molar-refractivity contribution in [2.24, 2.45) is 5.92 Å². The molecule has 1 atom stereocenters. The van der Waals surface area contributed by atoms with Crippen LogP contribution < -0.4 is 0 Å². The fourth-order valence-electron chi connectivity index (χ4n) is 3.74. The van der Waals surface area contributed by atoms with E-state index in [0.29, 0.717) is 26.2 Å². The van der Waals surface area contributed by atoms with Crippen molar-refractivity contribution < 1.29 is 33.3 Å². The lowest BCUT2D eigenvalue weighted by Gasteiger charge is -2.19. The summed E-state index contributed by atoms with van der Waals surface area (Å²) < 4.78 is 27.3. The van der Waals surface area contributed by atoms with E-state index in [-0.39, 0.29) is 31.5 Å². The summed E-state index contributed by atoms with van der Waals surface area (Å²) in [5.41, 5.74) is 0. The first-order chi connectivity index (χ1) is 18.4. The number of carbonyl (C=O) groups excluding carboxylic acids is 2. The molecule has 0 heterocycles. The predicted molar refractivity (Wildman–Crippen MR) is 152 cm³/mol. The van der Waals surface area contributed by atoms with Crippen molar-refractivity contribution in [3.8, 4) is 0 Å². The number of esters is 1. The van der Waals surface area contributed by atoms with Crippen LogP contribution in [0.5, 0.6) is 0 Å². The standard InChI is InChI=1S/C30H58NO7/c1-6-8-10-12-14-16-22-34-29(35-23-17-15-13-11-9-7-2)20-19-28(32)37-25-27(3)26-38-30(33)36-24-18-21-31(4)5/h27,29H,3,6-26H2,1-2,4-5H3. The largest absolute Gasteiger partial charge is 0.508 e. The molecule has 0 aromatic carbocycles. The van der Waals surface area contributed by atoms with Crippen LogP contribution in [0.15, 0.2) is 0 Å². The highest BCUT2D eigenvalue weighted by Gasteiger charge is 2.15. The van der Waals surface area contributed by atoms with E-state index >= 15 is 0 Å². The lowest BCUT2D eigenvalue weighted by Crippen LogP contribution is -2.23. The molecule has 0 amide bonds. The average Bonchev–Trinajstić information content (AvgIpc) is 2.90. The fourth-order valence-corrected chi connectivity index (χ4v) is 3.74. The van der Waals surface area contributed by atoms with Crippen molar-refractivity contribution in [1.29, 1.82) is 0 Å². The molecule has 0 saturated carbocycles. The number of carbonyl (C=O) groups is 2. The summed E-state index contributed by atoms with van der Waals surface area (Å²) in [5, 5.41) is 0. The topological polar surface area (TPSA) is 83.5 Å². The van der Waals surface area contributed by atoms with Gasteiger partial charge in [0.05, 0.1) is 19.6 Å². The van der Waals surface area contributed by atoms with Crippen molar-refractivity contribution >= 4 is 12.1 Å². The Balaban J connectivity index is 4.17. The number of ether oxygens (including phenoxy) is 5. The minimum absolute atomic E-state index is 0.0329. The quantitative estimate of drug-likeness (QED) is 0.0624. The molecule has 1 radical (unpaired) electrons. The van der Waals surface area contributed by atoms with Crippen molar-refractivity contribution in [1.82, 2.24) is 4.90 Å². The zero-order valence-electron chi connectivity index (χ0n) is 25.0. The third kappa shape index (κ3) is 26.2. The van der Waals surface area contributed by atoms with Gasteiger partial charge in [0.25, 0.3) is 0 Å². The summed E-state index contributed by atoms with van der Waals surface area (Å²) in [7, 11) is 3.92. The Morgan fingerprint density at radius 3 is 1.76 bits per heavy atom. The third-order valence-electron chi connectivity index (χ3n) is 6.07. The van der Waals surface area contributed by atoms with Gasteiger partial charge in [-0.15, -0.1) is 0 Å². The Bertz CT molecular complexity index is 527. The first kappa shape index (κ1) is 36.6. The van der Waals surface area contributed by atoms with Crippen molar-refractivity contribution in [2.75, 3.05) is 53.7 Å². The Kier molecular flexibility index (Phi) is 26.2. The van der Waals surface area contributed by atoms with Crippen molar-refractivity contribution in [3.05, 3.63) is 6.92 Å². The minimum Gasteiger partial charge on any atom is -0.465 e. The molecular formula is C30H58NO7. The Morgan fingerprint density at radius 2 is 1.21 bits per heavy atom. The van der Waals surface area contributed by atoms with E-state index in [1.54, 1.807) is 0 Å². The lowest BCUT2D eigenvalue weighted by atomic mass is 10.1. The normalized spacial score (nSPS) is 12.2. The molecule has 0 aliphatic heterocycles. The lowest BCUT2D eigenvalue weighted by molar-refractivity contribution is -0.160. The second kappa shape index (κ2) is 27.2. The van der Waals surface area contributed by atoms with Gasteiger partial charge < -0.3 is 28.6 Å². The van der Waals surface area contributed by atoms with Gasteiger partial charge in [-0.05, 0) is 40.3 Å². The molecule has 8 heteroatoms. The molecule has 0 rings (SSSR count). The van der Waals surface area contributed by atoms with Crippen LogP contribution in [0, 0.1) is 12.8 Å². The van der Waals surface area contributed by atoms with Crippen LogP contribution >= 0.6 is 0 Å². The SMILES string of the molecule is [CH2]C(COC(=O)CCC(OCCCCCCCC)OCCCCCCCC)COC(=O)OCCCN(C)C. The molecule has 38 heavy (non-hydrogen) atoms. The minimum atomic E-state index is -0.725. The maximum atomic E-state index is 12.3. The Hall–Kier alpha value is -1.38. The van der Waals surface area contributed by atoms with Gasteiger partial charge in [0.1, 0.15) is 6.61 Å². The molecule has 0 spiro atoms. The zero-order valence-corrected chi connectivity index (χ0v) is 25.0. The van der Waals surface area contributed by atoms with Crippen LogP contribution in [0.2, 0.25) is 0 Å². The van der Waals surface area contributed by atoms with Gasteiger partial charge in [0.15, 0.2) is 6.29 Å². The van der Waals surface area contributed by atoms with E-state index in [9.17, 15) is 9.59 Å². The number of hydrogen-bond donors (Lipinski definition) is 0. The molecule has 1 unspecified atom stereocenters. The number of hydrogen-bond acceptors (Lipinski definition) is 8. The second-order valence-corrected chi connectivity index (χ2v) is 10.4. The highest BCUT2D eigenvalue weighted by atomic mass is 16.7. The summed E-state index contributed by atoms with van der Waals surface area (Å²) in [6.45, 7) is 10.9. The van der Waals surface area contributed by atoms with Crippen molar-refractivity contribution in [2.45, 2.75) is 116 Å². The highest BCUT2D eigenvalue weighted by molar-refractivity contribution is 5.69. The third-order valence-corrected chi connectivity index (χ3v) is 6.07. The zero-order chi connectivity index (χ0) is 28.3. The van der Waals surface area contributed by atoms with Crippen LogP contribution in [0.3, 0.4) is 0 Å². The van der Waals surface area contributed by atoms with Crippen LogP contribution in [0.1, 0.15) is 110 Å². The first-order valence-corrected chi connectivity index (χ1v) is 15.0. The average molecular weight is 545 g/mol. The van der Waals surface area contributed by atoms with Gasteiger partial charge in [-0.3, -0.25) is 4.79 Å². The molecule has 225 valence electrons. The molecule has 0 saturated heterocycles. The maximum absolute atomic E-state index is 12.3. The monoisotopic (exact) mass is 544 g/mol. The Morgan fingerprint density at radius 1 is 0.684 bits per heavy atom. The number of nitrogens with zero attached hydrogens (tertiary/aromatic N) is 1. The van der Waals surface area contributed by atoms with Gasteiger partial charge in [0.2, 0.25) is 0 Å². The van der Waals surface area contributed by atoms with Crippen LogP contribution in [0.25, 0.3) is 0 Å². The van der Waals surface area contributed by atoms with E-state index in [2.05, 4.69) is 20.8 Å². The predicted octanol–water partition coefficient (Wildman–Crippen LogP) is 6.95. The first-order valence-electron chi connectivity index (χ1n) is 15.0. The van der Waals surface area contributed by atoms with E-state index in [0.717, 1.165) is 38.6 Å². The molecule has 0 N–H and O–H groups in total. The summed E-state index contributed by atoms with van der Waals surface area (Å²) in [5.74, 6) is -0.696. The van der Waals surface area contributed by atoms with E-state index in [1.807, 2.05) is 19.0 Å². The van der Waals surface area contributed by atoms with E-state index < -0.39 is 12.4 Å². The summed E-state index contributed by atoms with van der Waals surface area (Å²) in [6.07, 6.45) is 14.7. The Labute approximate surface area is 233 Å². The summed E-state index contributed by atoms with van der Waals surface area (Å²) in [6, 6.07) is 0. The fraction of sp³-hybridized carbons (Fsp3) is 0.900. The van der Waals surface area contributed by atoms with Gasteiger partial charge in [-0.2, -0.15) is 0 Å². The summed E-state index contributed by atoms with van der Waals surface area (Å²) >= 11 is 0. The van der Waals surface area contributed by atoms with E-state index in [1.165, 1.54) is 51.4 Å². The van der Waals surface area contributed by atoms with Crippen LogP contribution in [-0.2, 0) is 28.5 Å². The molecule has 0 bridgehead atoms. The van der Waals surface area contributed by atoms with Crippen LogP contribution in [-0.4, -0.2) is 77.0 Å². The van der Waals surface area contributed by atoms with E-state index in [4.69, 9.17) is 23.7 Å².